The zero-order chi connectivity index (χ0) is 12.1. The predicted octanol–water partition coefficient (Wildman–Crippen LogP) is 3.04. The number of aromatic nitrogens is 2. The fraction of sp³-hybridized carbons (Fsp3) is 0.786. The largest absolute Gasteiger partial charge is 0.309 e. The summed E-state index contributed by atoms with van der Waals surface area (Å²) in [5.41, 5.74) is 1.32. The van der Waals surface area contributed by atoms with Gasteiger partial charge in [0.15, 0.2) is 0 Å². The molecule has 1 aliphatic rings. The smallest absolute Gasteiger partial charge is 0.0550 e. The Kier molecular flexibility index (Phi) is 4.60. The van der Waals surface area contributed by atoms with E-state index < -0.39 is 0 Å². The van der Waals surface area contributed by atoms with Gasteiger partial charge in [0.2, 0.25) is 0 Å². The summed E-state index contributed by atoms with van der Waals surface area (Å²) in [6, 6.07) is 2.62. The van der Waals surface area contributed by atoms with Crippen molar-refractivity contribution in [3.8, 4) is 0 Å². The zero-order valence-electron chi connectivity index (χ0n) is 11.2. The maximum Gasteiger partial charge on any atom is 0.0550 e. The van der Waals surface area contributed by atoms with Gasteiger partial charge in [-0.1, -0.05) is 32.6 Å². The molecule has 0 bridgehead atoms. The first-order valence-corrected chi connectivity index (χ1v) is 7.02. The molecule has 96 valence electrons. The lowest BCUT2D eigenvalue weighted by Crippen LogP contribution is -2.23. The second-order valence-corrected chi connectivity index (χ2v) is 5.22. The van der Waals surface area contributed by atoms with Crippen LogP contribution in [-0.2, 0) is 7.05 Å². The maximum atomic E-state index is 4.28. The zero-order valence-corrected chi connectivity index (χ0v) is 11.2. The van der Waals surface area contributed by atoms with Crippen molar-refractivity contribution in [2.75, 3.05) is 6.54 Å². The Labute approximate surface area is 105 Å². The molecule has 1 fully saturated rings. The molecule has 1 aliphatic carbocycles. The van der Waals surface area contributed by atoms with Crippen LogP contribution in [-0.4, -0.2) is 16.3 Å². The highest BCUT2D eigenvalue weighted by atomic mass is 15.3. The van der Waals surface area contributed by atoms with Crippen LogP contribution in [0.1, 0.15) is 57.2 Å². The Morgan fingerprint density at radius 2 is 2.24 bits per heavy atom. The minimum Gasteiger partial charge on any atom is -0.309 e. The molecule has 1 aromatic rings. The van der Waals surface area contributed by atoms with E-state index in [0.717, 1.165) is 12.5 Å². The van der Waals surface area contributed by atoms with Crippen molar-refractivity contribution in [3.63, 3.8) is 0 Å². The van der Waals surface area contributed by atoms with Crippen LogP contribution in [0.3, 0.4) is 0 Å². The standard InChI is InChI=1S/C14H25N3/c1-3-15-13(14-10-11-16-17(14)2)9-8-12-6-4-5-7-12/h10-13,15H,3-9H2,1-2H3. The van der Waals surface area contributed by atoms with Crippen molar-refractivity contribution < 1.29 is 0 Å². The van der Waals surface area contributed by atoms with Crippen LogP contribution in [0.25, 0.3) is 0 Å². The molecule has 3 nitrogen and oxygen atoms in total. The highest BCUT2D eigenvalue weighted by Gasteiger charge is 2.19. The fourth-order valence-corrected chi connectivity index (χ4v) is 3.03. The second kappa shape index (κ2) is 6.20. The molecular formula is C14H25N3. The number of hydrogen-bond donors (Lipinski definition) is 1. The summed E-state index contributed by atoms with van der Waals surface area (Å²) in [6.45, 7) is 3.21. The van der Waals surface area contributed by atoms with E-state index in [9.17, 15) is 0 Å². The van der Waals surface area contributed by atoms with Gasteiger partial charge in [-0.25, -0.2) is 0 Å². The van der Waals surface area contributed by atoms with Crippen LogP contribution in [0.15, 0.2) is 12.3 Å². The van der Waals surface area contributed by atoms with Crippen molar-refractivity contribution in [3.05, 3.63) is 18.0 Å². The van der Waals surface area contributed by atoms with Crippen molar-refractivity contribution in [1.82, 2.24) is 15.1 Å². The van der Waals surface area contributed by atoms with Crippen molar-refractivity contribution in [2.24, 2.45) is 13.0 Å². The SMILES string of the molecule is CCNC(CCC1CCCC1)c1ccnn1C. The van der Waals surface area contributed by atoms with E-state index in [-0.39, 0.29) is 0 Å². The van der Waals surface area contributed by atoms with Crippen molar-refractivity contribution in [1.29, 1.82) is 0 Å². The third-order valence-electron chi connectivity index (χ3n) is 4.00. The van der Waals surface area contributed by atoms with E-state index in [4.69, 9.17) is 0 Å². The van der Waals surface area contributed by atoms with E-state index in [1.54, 1.807) is 0 Å². The maximum absolute atomic E-state index is 4.28. The highest BCUT2D eigenvalue weighted by molar-refractivity contribution is 5.06. The molecule has 1 aromatic heterocycles. The molecule has 0 spiro atoms. The van der Waals surface area contributed by atoms with Gasteiger partial charge in [0.05, 0.1) is 5.69 Å². The van der Waals surface area contributed by atoms with Gasteiger partial charge >= 0.3 is 0 Å². The van der Waals surface area contributed by atoms with Gasteiger partial charge in [0.1, 0.15) is 0 Å². The summed E-state index contributed by atoms with van der Waals surface area (Å²) < 4.78 is 2.00. The summed E-state index contributed by atoms with van der Waals surface area (Å²) in [5, 5.41) is 7.87. The molecule has 1 heterocycles. The Bertz CT molecular complexity index is 326. The lowest BCUT2D eigenvalue weighted by molar-refractivity contribution is 0.403. The highest BCUT2D eigenvalue weighted by Crippen LogP contribution is 2.31. The Balaban J connectivity index is 1.90. The number of nitrogens with one attached hydrogen (secondary N) is 1. The lowest BCUT2D eigenvalue weighted by atomic mass is 9.97. The number of aryl methyl sites for hydroxylation is 1. The summed E-state index contributed by atoms with van der Waals surface area (Å²) >= 11 is 0. The summed E-state index contributed by atoms with van der Waals surface area (Å²) in [7, 11) is 2.04. The molecule has 2 rings (SSSR count). The average Bonchev–Trinajstić information content (AvgIpc) is 2.95. The van der Waals surface area contributed by atoms with Gasteiger partial charge in [-0.2, -0.15) is 5.10 Å². The molecule has 1 atom stereocenters. The lowest BCUT2D eigenvalue weighted by Gasteiger charge is -2.20. The normalized spacial score (nSPS) is 18.7. The molecule has 17 heavy (non-hydrogen) atoms. The van der Waals surface area contributed by atoms with E-state index >= 15 is 0 Å². The average molecular weight is 235 g/mol. The molecule has 3 heteroatoms. The molecule has 1 saturated carbocycles. The first kappa shape index (κ1) is 12.6. The van der Waals surface area contributed by atoms with E-state index in [2.05, 4.69) is 23.4 Å². The molecule has 0 saturated heterocycles. The number of hydrogen-bond acceptors (Lipinski definition) is 2. The van der Waals surface area contributed by atoms with Crippen LogP contribution in [0.4, 0.5) is 0 Å². The van der Waals surface area contributed by atoms with Crippen LogP contribution in [0, 0.1) is 5.92 Å². The van der Waals surface area contributed by atoms with Crippen molar-refractivity contribution in [2.45, 2.75) is 51.5 Å². The van der Waals surface area contributed by atoms with Gasteiger partial charge in [-0.05, 0) is 31.4 Å². The number of rotatable bonds is 6. The van der Waals surface area contributed by atoms with E-state index in [1.165, 1.54) is 44.2 Å². The van der Waals surface area contributed by atoms with Crippen LogP contribution >= 0.6 is 0 Å². The van der Waals surface area contributed by atoms with Crippen LogP contribution in [0.2, 0.25) is 0 Å². The van der Waals surface area contributed by atoms with E-state index in [0.29, 0.717) is 6.04 Å². The minimum atomic E-state index is 0.480. The Morgan fingerprint density at radius 3 is 2.82 bits per heavy atom. The van der Waals surface area contributed by atoms with Gasteiger partial charge in [0.25, 0.3) is 0 Å². The number of nitrogens with zero attached hydrogens (tertiary/aromatic N) is 2. The summed E-state index contributed by atoms with van der Waals surface area (Å²) in [5.74, 6) is 0.976. The van der Waals surface area contributed by atoms with Crippen LogP contribution < -0.4 is 5.32 Å². The molecule has 0 amide bonds. The molecular weight excluding hydrogens is 210 g/mol. The third-order valence-corrected chi connectivity index (χ3v) is 4.00. The Morgan fingerprint density at radius 1 is 1.47 bits per heavy atom. The minimum absolute atomic E-state index is 0.480. The van der Waals surface area contributed by atoms with Gasteiger partial charge in [-0.3, -0.25) is 4.68 Å². The van der Waals surface area contributed by atoms with Gasteiger partial charge < -0.3 is 5.32 Å². The van der Waals surface area contributed by atoms with E-state index in [1.807, 2.05) is 17.9 Å². The van der Waals surface area contributed by atoms with Crippen LogP contribution in [0.5, 0.6) is 0 Å². The monoisotopic (exact) mass is 235 g/mol. The predicted molar refractivity (Wildman–Crippen MR) is 70.8 cm³/mol. The quantitative estimate of drug-likeness (QED) is 0.821. The first-order valence-electron chi connectivity index (χ1n) is 7.02. The second-order valence-electron chi connectivity index (χ2n) is 5.22. The fourth-order valence-electron chi connectivity index (χ4n) is 3.03. The first-order chi connectivity index (χ1) is 8.31. The summed E-state index contributed by atoms with van der Waals surface area (Å²) in [6.07, 6.45) is 10.3. The van der Waals surface area contributed by atoms with Crippen molar-refractivity contribution >= 4 is 0 Å². The Hall–Kier alpha value is -0.830. The topological polar surface area (TPSA) is 29.9 Å². The summed E-state index contributed by atoms with van der Waals surface area (Å²) in [4.78, 5) is 0. The molecule has 0 aliphatic heterocycles. The molecule has 0 aromatic carbocycles. The third kappa shape index (κ3) is 3.32. The molecule has 1 N–H and O–H groups in total. The molecule has 0 radical (unpaired) electrons. The molecule has 1 unspecified atom stereocenters. The van der Waals surface area contributed by atoms with Gasteiger partial charge in [-0.15, -0.1) is 0 Å². The van der Waals surface area contributed by atoms with Gasteiger partial charge in [0, 0.05) is 19.3 Å².